The third kappa shape index (κ3) is 1.80. The van der Waals surface area contributed by atoms with E-state index in [1.54, 1.807) is 12.5 Å². The quantitative estimate of drug-likeness (QED) is 0.721. The Balaban J connectivity index is 1.60. The minimum atomic E-state index is 0.227. The number of fused-ring (bicyclic) bond motifs is 1. The van der Waals surface area contributed by atoms with Crippen molar-refractivity contribution >= 4 is 11.2 Å². The highest BCUT2D eigenvalue weighted by Crippen LogP contribution is 2.33. The summed E-state index contributed by atoms with van der Waals surface area (Å²) in [5, 5.41) is 4.37. The fourth-order valence-electron chi connectivity index (χ4n) is 2.61. The molecule has 1 N–H and O–H groups in total. The standard InChI is InChI=1S/C14H14N6/c1-9-5-18-20(7-9)11-3-2-10(4-11)13-15-6-12-14(19-13)17-8-16-12/h2-3,5-8,10-11H,4H2,1H3,(H,15,16,17,19)/t10-,11+/m0/s1. The lowest BCUT2D eigenvalue weighted by Gasteiger charge is -2.11. The fourth-order valence-corrected chi connectivity index (χ4v) is 2.61. The van der Waals surface area contributed by atoms with Crippen LogP contribution in [0, 0.1) is 6.92 Å². The van der Waals surface area contributed by atoms with Crippen molar-refractivity contribution in [2.24, 2.45) is 0 Å². The molecule has 0 saturated heterocycles. The Hall–Kier alpha value is -2.50. The molecule has 6 nitrogen and oxygen atoms in total. The zero-order valence-corrected chi connectivity index (χ0v) is 11.1. The normalized spacial score (nSPS) is 21.9. The van der Waals surface area contributed by atoms with E-state index in [1.165, 1.54) is 5.56 Å². The van der Waals surface area contributed by atoms with Crippen LogP contribution in [0.15, 0.2) is 37.1 Å². The molecule has 0 aliphatic heterocycles. The SMILES string of the molecule is Cc1cnn([C@@H]2C=C[C@H](c3ncc4[nH]cnc4n3)C2)c1. The highest BCUT2D eigenvalue weighted by atomic mass is 15.3. The zero-order chi connectivity index (χ0) is 13.5. The summed E-state index contributed by atoms with van der Waals surface area (Å²) < 4.78 is 2.00. The highest BCUT2D eigenvalue weighted by molar-refractivity contribution is 5.68. The first kappa shape index (κ1) is 11.3. The van der Waals surface area contributed by atoms with E-state index in [0.717, 1.165) is 23.4 Å². The van der Waals surface area contributed by atoms with Crippen molar-refractivity contribution in [2.75, 3.05) is 0 Å². The van der Waals surface area contributed by atoms with Crippen molar-refractivity contribution in [2.45, 2.75) is 25.3 Å². The summed E-state index contributed by atoms with van der Waals surface area (Å²) in [6, 6.07) is 0.284. The van der Waals surface area contributed by atoms with Crippen LogP contribution in [0.5, 0.6) is 0 Å². The molecule has 0 unspecified atom stereocenters. The van der Waals surface area contributed by atoms with Gasteiger partial charge >= 0.3 is 0 Å². The molecular formula is C14H14N6. The molecule has 0 saturated carbocycles. The summed E-state index contributed by atoms with van der Waals surface area (Å²) in [5.41, 5.74) is 2.77. The lowest BCUT2D eigenvalue weighted by molar-refractivity contribution is 0.504. The predicted octanol–water partition coefficient (Wildman–Crippen LogP) is 2.14. The monoisotopic (exact) mass is 266 g/mol. The second kappa shape index (κ2) is 4.26. The smallest absolute Gasteiger partial charge is 0.180 e. The van der Waals surface area contributed by atoms with Gasteiger partial charge in [0.25, 0.3) is 0 Å². The molecule has 2 atom stereocenters. The molecule has 20 heavy (non-hydrogen) atoms. The van der Waals surface area contributed by atoms with Gasteiger partial charge in [0.1, 0.15) is 11.3 Å². The summed E-state index contributed by atoms with van der Waals surface area (Å²) in [4.78, 5) is 16.1. The molecule has 0 fully saturated rings. The Morgan fingerprint density at radius 1 is 1.25 bits per heavy atom. The number of nitrogens with zero attached hydrogens (tertiary/aromatic N) is 5. The van der Waals surface area contributed by atoms with Gasteiger partial charge in [0.15, 0.2) is 5.65 Å². The van der Waals surface area contributed by atoms with Gasteiger partial charge < -0.3 is 4.98 Å². The maximum absolute atomic E-state index is 4.52. The maximum Gasteiger partial charge on any atom is 0.180 e. The largest absolute Gasteiger partial charge is 0.342 e. The van der Waals surface area contributed by atoms with Gasteiger partial charge in [-0.1, -0.05) is 12.2 Å². The van der Waals surface area contributed by atoms with Crippen molar-refractivity contribution in [1.29, 1.82) is 0 Å². The Morgan fingerprint density at radius 3 is 3.05 bits per heavy atom. The highest BCUT2D eigenvalue weighted by Gasteiger charge is 2.24. The van der Waals surface area contributed by atoms with Gasteiger partial charge in [-0.25, -0.2) is 15.0 Å². The molecule has 3 aromatic rings. The number of hydrogen-bond donors (Lipinski definition) is 1. The number of nitrogens with one attached hydrogen (secondary N) is 1. The molecule has 0 spiro atoms. The maximum atomic E-state index is 4.52. The van der Waals surface area contributed by atoms with Crippen molar-refractivity contribution in [1.82, 2.24) is 29.7 Å². The number of aryl methyl sites for hydroxylation is 1. The van der Waals surface area contributed by atoms with Gasteiger partial charge in [-0.15, -0.1) is 0 Å². The van der Waals surface area contributed by atoms with E-state index in [2.05, 4.69) is 43.4 Å². The van der Waals surface area contributed by atoms with E-state index in [0.29, 0.717) is 0 Å². The van der Waals surface area contributed by atoms with Gasteiger partial charge in [-0.3, -0.25) is 4.68 Å². The minimum absolute atomic E-state index is 0.227. The van der Waals surface area contributed by atoms with Gasteiger partial charge in [0, 0.05) is 12.1 Å². The second-order valence-electron chi connectivity index (χ2n) is 5.16. The Labute approximate surface area is 115 Å². The molecule has 1 aliphatic rings. The zero-order valence-electron chi connectivity index (χ0n) is 11.1. The van der Waals surface area contributed by atoms with Crippen molar-refractivity contribution < 1.29 is 0 Å². The van der Waals surface area contributed by atoms with Crippen LogP contribution in [0.1, 0.15) is 29.8 Å². The molecule has 0 aromatic carbocycles. The van der Waals surface area contributed by atoms with Crippen LogP contribution < -0.4 is 0 Å². The van der Waals surface area contributed by atoms with E-state index in [-0.39, 0.29) is 12.0 Å². The lowest BCUT2D eigenvalue weighted by Crippen LogP contribution is -2.07. The topological polar surface area (TPSA) is 72.3 Å². The minimum Gasteiger partial charge on any atom is -0.342 e. The van der Waals surface area contributed by atoms with Gasteiger partial charge in [-0.05, 0) is 18.9 Å². The molecule has 0 radical (unpaired) electrons. The number of aromatic nitrogens is 6. The summed E-state index contributed by atoms with van der Waals surface area (Å²) >= 11 is 0. The number of hydrogen-bond acceptors (Lipinski definition) is 4. The molecule has 3 heterocycles. The average Bonchev–Trinajstić information content (AvgIpc) is 3.17. The number of H-pyrrole nitrogens is 1. The molecule has 4 rings (SSSR count). The van der Waals surface area contributed by atoms with Crippen LogP contribution >= 0.6 is 0 Å². The van der Waals surface area contributed by atoms with Gasteiger partial charge in [-0.2, -0.15) is 5.10 Å². The summed E-state index contributed by atoms with van der Waals surface area (Å²) in [6.07, 6.45) is 12.7. The van der Waals surface area contributed by atoms with E-state index >= 15 is 0 Å². The van der Waals surface area contributed by atoms with Gasteiger partial charge in [0.05, 0.1) is 24.8 Å². The third-order valence-corrected chi connectivity index (χ3v) is 3.66. The summed E-state index contributed by atoms with van der Waals surface area (Å²) in [6.45, 7) is 2.05. The van der Waals surface area contributed by atoms with Gasteiger partial charge in [0.2, 0.25) is 0 Å². The number of aromatic amines is 1. The van der Waals surface area contributed by atoms with Crippen LogP contribution in [-0.4, -0.2) is 29.7 Å². The number of allylic oxidation sites excluding steroid dienone is 2. The van der Waals surface area contributed by atoms with E-state index in [9.17, 15) is 0 Å². The average molecular weight is 266 g/mol. The van der Waals surface area contributed by atoms with Crippen molar-refractivity contribution in [3.05, 3.63) is 48.5 Å². The summed E-state index contributed by atoms with van der Waals surface area (Å²) in [7, 11) is 0. The first-order valence-electron chi connectivity index (χ1n) is 6.65. The van der Waals surface area contributed by atoms with Crippen LogP contribution in [0.2, 0.25) is 0 Å². The van der Waals surface area contributed by atoms with E-state index in [4.69, 9.17) is 0 Å². The van der Waals surface area contributed by atoms with Crippen LogP contribution in [0.3, 0.4) is 0 Å². The Kier molecular flexibility index (Phi) is 2.42. The Bertz CT molecular complexity index is 784. The van der Waals surface area contributed by atoms with Crippen LogP contribution in [-0.2, 0) is 0 Å². The second-order valence-corrected chi connectivity index (χ2v) is 5.16. The van der Waals surface area contributed by atoms with Crippen molar-refractivity contribution in [3.8, 4) is 0 Å². The number of rotatable bonds is 2. The van der Waals surface area contributed by atoms with Crippen LogP contribution in [0.25, 0.3) is 11.2 Å². The van der Waals surface area contributed by atoms with E-state index < -0.39 is 0 Å². The molecule has 6 heteroatoms. The molecule has 3 aromatic heterocycles. The molecule has 0 amide bonds. The fraction of sp³-hybridized carbons (Fsp3) is 0.286. The molecular weight excluding hydrogens is 252 g/mol. The predicted molar refractivity (Wildman–Crippen MR) is 74.2 cm³/mol. The third-order valence-electron chi connectivity index (χ3n) is 3.66. The number of imidazole rings is 1. The Morgan fingerprint density at radius 2 is 2.20 bits per heavy atom. The summed E-state index contributed by atoms with van der Waals surface area (Å²) in [5.74, 6) is 1.05. The van der Waals surface area contributed by atoms with Crippen LogP contribution in [0.4, 0.5) is 0 Å². The first-order chi connectivity index (χ1) is 9.79. The van der Waals surface area contributed by atoms with Crippen molar-refractivity contribution in [3.63, 3.8) is 0 Å². The van der Waals surface area contributed by atoms with E-state index in [1.807, 2.05) is 17.8 Å². The first-order valence-corrected chi connectivity index (χ1v) is 6.65. The molecule has 1 aliphatic carbocycles. The lowest BCUT2D eigenvalue weighted by atomic mass is 10.1. The molecule has 0 bridgehead atoms. The molecule has 100 valence electrons.